The molecule has 0 aromatic heterocycles. The van der Waals surface area contributed by atoms with Gasteiger partial charge in [0.2, 0.25) is 0 Å². The second-order valence-corrected chi connectivity index (χ2v) is 7.02. The molecule has 1 aliphatic heterocycles. The standard InChI is InChI=1S/C17H26O2/c1-12-10-17(18,11-13(2)19-12)15-8-6-14(7-9-15)16(3,4)5/h6-9,12-13,18H,10-11H2,1-5H3. The van der Waals surface area contributed by atoms with Crippen LogP contribution in [-0.2, 0) is 15.8 Å². The third-order valence-corrected chi connectivity index (χ3v) is 4.00. The first-order valence-corrected chi connectivity index (χ1v) is 7.19. The smallest absolute Gasteiger partial charge is 0.0945 e. The maximum Gasteiger partial charge on any atom is 0.0945 e. The van der Waals surface area contributed by atoms with Gasteiger partial charge >= 0.3 is 0 Å². The van der Waals surface area contributed by atoms with E-state index in [1.165, 1.54) is 5.56 Å². The minimum atomic E-state index is -0.743. The molecule has 19 heavy (non-hydrogen) atoms. The fourth-order valence-corrected chi connectivity index (χ4v) is 3.04. The Labute approximate surface area is 116 Å². The molecule has 1 heterocycles. The summed E-state index contributed by atoms with van der Waals surface area (Å²) in [6.07, 6.45) is 1.56. The average molecular weight is 262 g/mol. The molecule has 0 amide bonds. The molecular weight excluding hydrogens is 236 g/mol. The molecular formula is C17H26O2. The number of rotatable bonds is 1. The number of ether oxygens (including phenoxy) is 1. The molecule has 0 bridgehead atoms. The van der Waals surface area contributed by atoms with Crippen LogP contribution in [0.4, 0.5) is 0 Å². The molecule has 2 unspecified atom stereocenters. The van der Waals surface area contributed by atoms with Crippen molar-refractivity contribution in [3.8, 4) is 0 Å². The van der Waals surface area contributed by atoms with Crippen LogP contribution in [0.15, 0.2) is 24.3 Å². The Hall–Kier alpha value is -0.860. The zero-order valence-corrected chi connectivity index (χ0v) is 12.7. The molecule has 2 heteroatoms. The van der Waals surface area contributed by atoms with Gasteiger partial charge in [-0.3, -0.25) is 0 Å². The molecule has 2 nitrogen and oxygen atoms in total. The second kappa shape index (κ2) is 4.92. The molecule has 0 aliphatic carbocycles. The summed E-state index contributed by atoms with van der Waals surface area (Å²) in [5.41, 5.74) is 1.72. The first-order valence-electron chi connectivity index (χ1n) is 7.19. The van der Waals surface area contributed by atoms with Gasteiger partial charge in [-0.2, -0.15) is 0 Å². The number of hydrogen-bond donors (Lipinski definition) is 1. The van der Waals surface area contributed by atoms with Crippen LogP contribution in [0.3, 0.4) is 0 Å². The van der Waals surface area contributed by atoms with Crippen molar-refractivity contribution in [1.29, 1.82) is 0 Å². The minimum Gasteiger partial charge on any atom is -0.385 e. The van der Waals surface area contributed by atoms with E-state index < -0.39 is 5.60 Å². The summed E-state index contributed by atoms with van der Waals surface area (Å²) < 4.78 is 5.72. The Balaban J connectivity index is 2.26. The van der Waals surface area contributed by atoms with Gasteiger partial charge in [0.25, 0.3) is 0 Å². The minimum absolute atomic E-state index is 0.107. The molecule has 2 atom stereocenters. The maximum atomic E-state index is 10.9. The van der Waals surface area contributed by atoms with E-state index in [9.17, 15) is 5.11 Å². The lowest BCUT2D eigenvalue weighted by atomic mass is 9.79. The summed E-state index contributed by atoms with van der Waals surface area (Å²) in [4.78, 5) is 0. The molecule has 0 saturated carbocycles. The number of benzene rings is 1. The van der Waals surface area contributed by atoms with E-state index in [0.29, 0.717) is 12.8 Å². The lowest BCUT2D eigenvalue weighted by Gasteiger charge is -2.39. The van der Waals surface area contributed by atoms with Gasteiger partial charge in [-0.1, -0.05) is 45.0 Å². The quantitative estimate of drug-likeness (QED) is 0.835. The van der Waals surface area contributed by atoms with Gasteiger partial charge in [-0.05, 0) is 30.4 Å². The van der Waals surface area contributed by atoms with Crippen molar-refractivity contribution >= 4 is 0 Å². The summed E-state index contributed by atoms with van der Waals surface area (Å²) in [7, 11) is 0. The second-order valence-electron chi connectivity index (χ2n) is 7.02. The van der Waals surface area contributed by atoms with Gasteiger partial charge in [-0.25, -0.2) is 0 Å². The van der Waals surface area contributed by atoms with E-state index in [1.54, 1.807) is 0 Å². The number of hydrogen-bond acceptors (Lipinski definition) is 2. The van der Waals surface area contributed by atoms with Crippen LogP contribution in [-0.4, -0.2) is 17.3 Å². The lowest BCUT2D eigenvalue weighted by molar-refractivity contribution is -0.135. The lowest BCUT2D eigenvalue weighted by Crippen LogP contribution is -2.41. The van der Waals surface area contributed by atoms with Crippen molar-refractivity contribution in [2.75, 3.05) is 0 Å². The third kappa shape index (κ3) is 3.18. The SMILES string of the molecule is CC1CC(O)(c2ccc(C(C)(C)C)cc2)CC(C)O1. The zero-order valence-electron chi connectivity index (χ0n) is 12.7. The van der Waals surface area contributed by atoms with Crippen LogP contribution >= 0.6 is 0 Å². The summed E-state index contributed by atoms with van der Waals surface area (Å²) in [6, 6.07) is 8.42. The van der Waals surface area contributed by atoms with Crippen molar-refractivity contribution in [3.63, 3.8) is 0 Å². The third-order valence-electron chi connectivity index (χ3n) is 4.00. The summed E-state index contributed by atoms with van der Waals surface area (Å²) in [5.74, 6) is 0. The van der Waals surface area contributed by atoms with Crippen LogP contribution in [0.5, 0.6) is 0 Å². The fourth-order valence-electron chi connectivity index (χ4n) is 3.04. The van der Waals surface area contributed by atoms with Gasteiger partial charge in [-0.15, -0.1) is 0 Å². The normalized spacial score (nSPS) is 32.3. The van der Waals surface area contributed by atoms with Gasteiger partial charge in [0.1, 0.15) is 0 Å². The Morgan fingerprint density at radius 2 is 1.53 bits per heavy atom. The average Bonchev–Trinajstić information content (AvgIpc) is 2.26. The van der Waals surface area contributed by atoms with Crippen LogP contribution in [0.2, 0.25) is 0 Å². The van der Waals surface area contributed by atoms with Crippen molar-refractivity contribution in [2.24, 2.45) is 0 Å². The van der Waals surface area contributed by atoms with Crippen molar-refractivity contribution < 1.29 is 9.84 Å². The first-order chi connectivity index (χ1) is 8.71. The molecule has 1 N–H and O–H groups in total. The Bertz CT molecular complexity index is 418. The Kier molecular flexibility index (Phi) is 3.76. The van der Waals surface area contributed by atoms with Crippen LogP contribution in [0.1, 0.15) is 58.6 Å². The molecule has 2 rings (SSSR count). The predicted molar refractivity (Wildman–Crippen MR) is 78.3 cm³/mol. The van der Waals surface area contributed by atoms with Crippen molar-refractivity contribution in [1.82, 2.24) is 0 Å². The van der Waals surface area contributed by atoms with Gasteiger partial charge in [0.15, 0.2) is 0 Å². The van der Waals surface area contributed by atoms with Crippen molar-refractivity contribution in [3.05, 3.63) is 35.4 Å². The molecule has 0 radical (unpaired) electrons. The zero-order chi connectivity index (χ0) is 14.3. The van der Waals surface area contributed by atoms with E-state index in [0.717, 1.165) is 5.56 Å². The highest BCUT2D eigenvalue weighted by molar-refractivity contribution is 5.31. The van der Waals surface area contributed by atoms with Gasteiger partial charge < -0.3 is 9.84 Å². The molecule has 1 saturated heterocycles. The fraction of sp³-hybridized carbons (Fsp3) is 0.647. The van der Waals surface area contributed by atoms with E-state index >= 15 is 0 Å². The molecule has 0 spiro atoms. The van der Waals surface area contributed by atoms with Crippen LogP contribution < -0.4 is 0 Å². The van der Waals surface area contributed by atoms with E-state index in [4.69, 9.17) is 4.74 Å². The monoisotopic (exact) mass is 262 g/mol. The summed E-state index contributed by atoms with van der Waals surface area (Å²) in [6.45, 7) is 10.7. The predicted octanol–water partition coefficient (Wildman–Crippen LogP) is 3.76. The van der Waals surface area contributed by atoms with Crippen molar-refractivity contribution in [2.45, 2.75) is 70.7 Å². The highest BCUT2D eigenvalue weighted by atomic mass is 16.5. The topological polar surface area (TPSA) is 29.5 Å². The molecule has 106 valence electrons. The van der Waals surface area contributed by atoms with E-state index in [1.807, 2.05) is 13.8 Å². The molecule has 1 aliphatic rings. The maximum absolute atomic E-state index is 10.9. The number of aliphatic hydroxyl groups is 1. The van der Waals surface area contributed by atoms with E-state index in [-0.39, 0.29) is 17.6 Å². The Morgan fingerprint density at radius 1 is 1.05 bits per heavy atom. The van der Waals surface area contributed by atoms with E-state index in [2.05, 4.69) is 45.0 Å². The molecule has 1 aromatic rings. The summed E-state index contributed by atoms with van der Waals surface area (Å²) in [5, 5.41) is 10.9. The largest absolute Gasteiger partial charge is 0.385 e. The molecule has 1 aromatic carbocycles. The highest BCUT2D eigenvalue weighted by Crippen LogP contribution is 2.38. The van der Waals surface area contributed by atoms with Gasteiger partial charge in [0, 0.05) is 12.8 Å². The van der Waals surface area contributed by atoms with Gasteiger partial charge in [0.05, 0.1) is 17.8 Å². The Morgan fingerprint density at radius 3 is 1.95 bits per heavy atom. The van der Waals surface area contributed by atoms with Crippen LogP contribution in [0.25, 0.3) is 0 Å². The first kappa shape index (κ1) is 14.5. The highest BCUT2D eigenvalue weighted by Gasteiger charge is 2.38. The molecule has 1 fully saturated rings. The summed E-state index contributed by atoms with van der Waals surface area (Å²) >= 11 is 0. The van der Waals surface area contributed by atoms with Crippen LogP contribution in [0, 0.1) is 0 Å².